The molecule has 0 radical (unpaired) electrons. The summed E-state index contributed by atoms with van der Waals surface area (Å²) in [6, 6.07) is 6.46. The van der Waals surface area contributed by atoms with E-state index >= 15 is 0 Å². The molecule has 1 aromatic carbocycles. The minimum atomic E-state index is -3.45. The molecule has 2 N–H and O–H groups in total. The summed E-state index contributed by atoms with van der Waals surface area (Å²) in [5.74, 6) is 0. The van der Waals surface area contributed by atoms with E-state index in [4.69, 9.17) is 5.11 Å². The predicted molar refractivity (Wildman–Crippen MR) is 76.9 cm³/mol. The molecule has 0 fully saturated rings. The third kappa shape index (κ3) is 4.19. The van der Waals surface area contributed by atoms with Crippen LogP contribution in [-0.4, -0.2) is 39.3 Å². The Morgan fingerprint density at radius 2 is 1.74 bits per heavy atom. The molecule has 0 aromatic heterocycles. The number of likely N-dealkylation sites (N-methyl/N-ethyl adjacent to an activating group) is 1. The SMILES string of the molecule is CC(C)NS(=O)(=O)c1ccc(N(C)C(C)CO)cc1. The van der Waals surface area contributed by atoms with Crippen LogP contribution in [0.4, 0.5) is 5.69 Å². The number of benzene rings is 1. The smallest absolute Gasteiger partial charge is 0.240 e. The highest BCUT2D eigenvalue weighted by molar-refractivity contribution is 7.89. The van der Waals surface area contributed by atoms with Crippen molar-refractivity contribution in [2.45, 2.75) is 37.8 Å². The number of aliphatic hydroxyl groups excluding tert-OH is 1. The van der Waals surface area contributed by atoms with Crippen molar-refractivity contribution in [1.82, 2.24) is 4.72 Å². The van der Waals surface area contributed by atoms with Gasteiger partial charge in [0.2, 0.25) is 10.0 Å². The van der Waals surface area contributed by atoms with Crippen molar-refractivity contribution < 1.29 is 13.5 Å². The number of rotatable bonds is 6. The topological polar surface area (TPSA) is 69.6 Å². The average Bonchev–Trinajstić information content (AvgIpc) is 2.35. The molecule has 5 nitrogen and oxygen atoms in total. The average molecular weight is 286 g/mol. The first-order valence-corrected chi connectivity index (χ1v) is 7.72. The van der Waals surface area contributed by atoms with Gasteiger partial charge >= 0.3 is 0 Å². The van der Waals surface area contributed by atoms with E-state index in [-0.39, 0.29) is 23.6 Å². The van der Waals surface area contributed by atoms with Crippen LogP contribution in [0.2, 0.25) is 0 Å². The second-order valence-electron chi connectivity index (χ2n) is 4.91. The van der Waals surface area contributed by atoms with Gasteiger partial charge in [0, 0.05) is 24.8 Å². The molecule has 0 aliphatic carbocycles. The summed E-state index contributed by atoms with van der Waals surface area (Å²) in [6.07, 6.45) is 0. The maximum absolute atomic E-state index is 11.9. The lowest BCUT2D eigenvalue weighted by Crippen LogP contribution is -2.32. The summed E-state index contributed by atoms with van der Waals surface area (Å²) in [5.41, 5.74) is 0.866. The van der Waals surface area contributed by atoms with Crippen LogP contribution in [0.3, 0.4) is 0 Å². The minimum absolute atomic E-state index is 0.0174. The molecule has 0 spiro atoms. The van der Waals surface area contributed by atoms with Crippen LogP contribution >= 0.6 is 0 Å². The fraction of sp³-hybridized carbons (Fsp3) is 0.538. The van der Waals surface area contributed by atoms with Gasteiger partial charge in [-0.05, 0) is 45.0 Å². The molecule has 0 heterocycles. The molecule has 1 aromatic rings. The van der Waals surface area contributed by atoms with Crippen LogP contribution in [0, 0.1) is 0 Å². The molecule has 0 amide bonds. The van der Waals surface area contributed by atoms with Crippen molar-refractivity contribution >= 4 is 15.7 Å². The third-order valence-corrected chi connectivity index (χ3v) is 4.55. The Kier molecular flexibility index (Phi) is 5.34. The molecule has 1 unspecified atom stereocenters. The fourth-order valence-corrected chi connectivity index (χ4v) is 2.87. The second-order valence-corrected chi connectivity index (χ2v) is 6.63. The molecule has 19 heavy (non-hydrogen) atoms. The van der Waals surface area contributed by atoms with Crippen LogP contribution in [0.25, 0.3) is 0 Å². The lowest BCUT2D eigenvalue weighted by molar-refractivity contribution is 0.270. The van der Waals surface area contributed by atoms with Gasteiger partial charge in [0.05, 0.1) is 11.5 Å². The highest BCUT2D eigenvalue weighted by atomic mass is 32.2. The number of hydrogen-bond acceptors (Lipinski definition) is 4. The van der Waals surface area contributed by atoms with E-state index < -0.39 is 10.0 Å². The Hall–Kier alpha value is -1.11. The van der Waals surface area contributed by atoms with E-state index in [1.54, 1.807) is 38.1 Å². The Bertz CT molecular complexity index is 497. The second kappa shape index (κ2) is 6.36. The molecule has 0 bridgehead atoms. The fourth-order valence-electron chi connectivity index (χ4n) is 1.62. The minimum Gasteiger partial charge on any atom is -0.394 e. The van der Waals surface area contributed by atoms with Gasteiger partial charge in [0.25, 0.3) is 0 Å². The number of anilines is 1. The van der Waals surface area contributed by atoms with E-state index in [9.17, 15) is 8.42 Å². The van der Waals surface area contributed by atoms with Crippen LogP contribution in [0.5, 0.6) is 0 Å². The molecule has 1 atom stereocenters. The van der Waals surface area contributed by atoms with Gasteiger partial charge < -0.3 is 10.0 Å². The van der Waals surface area contributed by atoms with Gasteiger partial charge in [-0.25, -0.2) is 13.1 Å². The first kappa shape index (κ1) is 15.9. The van der Waals surface area contributed by atoms with Gasteiger partial charge in [-0.3, -0.25) is 0 Å². The van der Waals surface area contributed by atoms with Gasteiger partial charge in [-0.2, -0.15) is 0 Å². The summed E-state index contributed by atoms with van der Waals surface area (Å²) in [5, 5.41) is 9.10. The van der Waals surface area contributed by atoms with E-state index in [1.165, 1.54) is 0 Å². The molecule has 0 aliphatic rings. The summed E-state index contributed by atoms with van der Waals surface area (Å²) in [6.45, 7) is 5.50. The summed E-state index contributed by atoms with van der Waals surface area (Å²) < 4.78 is 26.4. The largest absolute Gasteiger partial charge is 0.394 e. The first-order chi connectivity index (χ1) is 8.77. The zero-order valence-corrected chi connectivity index (χ0v) is 12.6. The summed E-state index contributed by atoms with van der Waals surface area (Å²) in [7, 11) is -1.59. The van der Waals surface area contributed by atoms with E-state index in [0.29, 0.717) is 0 Å². The van der Waals surface area contributed by atoms with E-state index in [2.05, 4.69) is 4.72 Å². The Balaban J connectivity index is 2.94. The molecular weight excluding hydrogens is 264 g/mol. The zero-order chi connectivity index (χ0) is 14.6. The number of sulfonamides is 1. The Labute approximate surface area is 115 Å². The first-order valence-electron chi connectivity index (χ1n) is 6.24. The molecule has 1 rings (SSSR count). The van der Waals surface area contributed by atoms with Crippen molar-refractivity contribution in [2.75, 3.05) is 18.6 Å². The van der Waals surface area contributed by atoms with E-state index in [1.807, 2.05) is 18.9 Å². The maximum atomic E-state index is 11.9. The van der Waals surface area contributed by atoms with Crippen molar-refractivity contribution in [2.24, 2.45) is 0 Å². The molecule has 0 saturated heterocycles. The molecular formula is C13H22N2O3S. The van der Waals surface area contributed by atoms with Crippen molar-refractivity contribution in [3.63, 3.8) is 0 Å². The van der Waals surface area contributed by atoms with Crippen LogP contribution < -0.4 is 9.62 Å². The number of aliphatic hydroxyl groups is 1. The summed E-state index contributed by atoms with van der Waals surface area (Å²) in [4.78, 5) is 2.14. The lowest BCUT2D eigenvalue weighted by atomic mass is 10.2. The van der Waals surface area contributed by atoms with Crippen molar-refractivity contribution in [3.8, 4) is 0 Å². The third-order valence-electron chi connectivity index (χ3n) is 2.87. The standard InChI is InChI=1S/C13H22N2O3S/c1-10(2)14-19(17,18)13-7-5-12(6-8-13)15(4)11(3)9-16/h5-8,10-11,14,16H,9H2,1-4H3. The lowest BCUT2D eigenvalue weighted by Gasteiger charge is -2.25. The molecule has 6 heteroatoms. The van der Waals surface area contributed by atoms with Crippen molar-refractivity contribution in [1.29, 1.82) is 0 Å². The quantitative estimate of drug-likeness (QED) is 0.824. The normalized spacial score (nSPS) is 13.6. The predicted octanol–water partition coefficient (Wildman–Crippen LogP) is 1.19. The van der Waals surface area contributed by atoms with Gasteiger partial charge in [0.15, 0.2) is 0 Å². The Morgan fingerprint density at radius 3 is 2.16 bits per heavy atom. The van der Waals surface area contributed by atoms with Crippen LogP contribution in [0.1, 0.15) is 20.8 Å². The molecule has 0 aliphatic heterocycles. The highest BCUT2D eigenvalue weighted by Crippen LogP contribution is 2.18. The number of nitrogens with zero attached hydrogens (tertiary/aromatic N) is 1. The zero-order valence-electron chi connectivity index (χ0n) is 11.8. The van der Waals surface area contributed by atoms with Gasteiger partial charge in [-0.15, -0.1) is 0 Å². The van der Waals surface area contributed by atoms with Crippen LogP contribution in [-0.2, 0) is 10.0 Å². The maximum Gasteiger partial charge on any atom is 0.240 e. The molecule has 108 valence electrons. The highest BCUT2D eigenvalue weighted by Gasteiger charge is 2.16. The van der Waals surface area contributed by atoms with Gasteiger partial charge in [-0.1, -0.05) is 0 Å². The van der Waals surface area contributed by atoms with Crippen molar-refractivity contribution in [3.05, 3.63) is 24.3 Å². The summed E-state index contributed by atoms with van der Waals surface area (Å²) >= 11 is 0. The Morgan fingerprint density at radius 1 is 1.21 bits per heavy atom. The van der Waals surface area contributed by atoms with Crippen LogP contribution in [0.15, 0.2) is 29.2 Å². The molecule has 0 saturated carbocycles. The monoisotopic (exact) mass is 286 g/mol. The number of hydrogen-bond donors (Lipinski definition) is 2. The van der Waals surface area contributed by atoms with E-state index in [0.717, 1.165) is 5.69 Å². The van der Waals surface area contributed by atoms with Gasteiger partial charge in [0.1, 0.15) is 0 Å². The number of nitrogens with one attached hydrogen (secondary N) is 1.